The van der Waals surface area contributed by atoms with Crippen LogP contribution in [0.2, 0.25) is 0 Å². The number of ether oxygens (including phenoxy) is 2. The molecule has 0 bridgehead atoms. The molecule has 35 heavy (non-hydrogen) atoms. The lowest BCUT2D eigenvalue weighted by Crippen LogP contribution is -2.39. The zero-order valence-corrected chi connectivity index (χ0v) is 18.2. The van der Waals surface area contributed by atoms with Crippen LogP contribution >= 0.6 is 0 Å². The number of hydrogen-bond donors (Lipinski definition) is 1. The Balaban J connectivity index is 1.81. The molecule has 4 unspecified atom stereocenters. The average Bonchev–Trinajstić information content (AvgIpc) is 3.34. The van der Waals surface area contributed by atoms with Gasteiger partial charge in [0.1, 0.15) is 17.4 Å². The van der Waals surface area contributed by atoms with E-state index in [2.05, 4.69) is 9.87 Å². The first-order chi connectivity index (χ1) is 16.7. The summed E-state index contributed by atoms with van der Waals surface area (Å²) in [5, 5.41) is 9.22. The molecule has 2 heterocycles. The van der Waals surface area contributed by atoms with Crippen LogP contribution in [0.15, 0.2) is 67.0 Å². The van der Waals surface area contributed by atoms with Crippen LogP contribution in [-0.4, -0.2) is 29.1 Å². The number of alkyl halides is 3. The Morgan fingerprint density at radius 1 is 1.09 bits per heavy atom. The number of carbonyl (C=O) groups is 2. The zero-order valence-electron chi connectivity index (χ0n) is 18.2. The molecule has 10 heteroatoms. The molecule has 180 valence electrons. The fourth-order valence-electron chi connectivity index (χ4n) is 5.34. The van der Waals surface area contributed by atoms with Crippen LogP contribution in [0.3, 0.4) is 0 Å². The third kappa shape index (κ3) is 3.28. The summed E-state index contributed by atoms with van der Waals surface area (Å²) in [5.41, 5.74) is -1.46. The number of benzene rings is 2. The Morgan fingerprint density at radius 3 is 2.37 bits per heavy atom. The molecule has 1 fully saturated rings. The van der Waals surface area contributed by atoms with Crippen LogP contribution in [0.5, 0.6) is 11.5 Å². The van der Waals surface area contributed by atoms with Crippen molar-refractivity contribution < 1.29 is 42.4 Å². The van der Waals surface area contributed by atoms with Crippen molar-refractivity contribution in [1.82, 2.24) is 4.98 Å². The number of fused-ring (bicyclic) bond motifs is 3. The fraction of sp³-hybridized carbons (Fsp3) is 0.240. The molecule has 1 aromatic heterocycles. The first-order valence-electron chi connectivity index (χ1n) is 10.6. The quantitative estimate of drug-likeness (QED) is 0.331. The van der Waals surface area contributed by atoms with Crippen LogP contribution in [0.1, 0.15) is 34.1 Å². The summed E-state index contributed by atoms with van der Waals surface area (Å²) < 4.78 is 51.7. The molecule has 1 N–H and O–H groups in total. The van der Waals surface area contributed by atoms with E-state index >= 15 is 0 Å². The van der Waals surface area contributed by atoms with Gasteiger partial charge in [0.15, 0.2) is 11.4 Å². The van der Waals surface area contributed by atoms with Gasteiger partial charge in [-0.25, -0.2) is 4.79 Å². The molecule has 5 rings (SSSR count). The standard InChI is InChI=1S/C25H18F3NO6/c1-33-16-11-29-12-17-18(16)21-22(30)19(23(31)35-32)20(13-5-3-2-4-6-13)24(21,34-17)14-7-9-15(10-8-14)25(26,27)28/h2-12,19-21,32H,1H3. The Kier molecular flexibility index (Phi) is 5.28. The summed E-state index contributed by atoms with van der Waals surface area (Å²) in [7, 11) is 1.38. The van der Waals surface area contributed by atoms with Crippen LogP contribution in [0.4, 0.5) is 13.2 Å². The van der Waals surface area contributed by atoms with Crippen molar-refractivity contribution >= 4 is 11.8 Å². The highest BCUT2D eigenvalue weighted by Gasteiger charge is 2.70. The van der Waals surface area contributed by atoms with Crippen molar-refractivity contribution in [2.24, 2.45) is 5.92 Å². The van der Waals surface area contributed by atoms with Gasteiger partial charge in [0.25, 0.3) is 0 Å². The second-order valence-corrected chi connectivity index (χ2v) is 8.34. The lowest BCUT2D eigenvalue weighted by atomic mass is 9.73. The molecule has 1 aliphatic carbocycles. The van der Waals surface area contributed by atoms with Crippen LogP contribution in [-0.2, 0) is 26.3 Å². The molecular formula is C25H18F3NO6. The number of pyridine rings is 1. The second kappa shape index (κ2) is 8.09. The maximum Gasteiger partial charge on any atom is 0.416 e. The van der Waals surface area contributed by atoms with E-state index in [0.717, 1.165) is 12.1 Å². The molecule has 0 amide bonds. The number of carbonyl (C=O) groups excluding carboxylic acids is 2. The molecule has 7 nitrogen and oxygen atoms in total. The second-order valence-electron chi connectivity index (χ2n) is 8.34. The van der Waals surface area contributed by atoms with Crippen molar-refractivity contribution in [3.8, 4) is 11.5 Å². The van der Waals surface area contributed by atoms with Gasteiger partial charge in [-0.05, 0) is 23.3 Å². The minimum absolute atomic E-state index is 0.208. The van der Waals surface area contributed by atoms with Gasteiger partial charge in [-0.3, -0.25) is 9.78 Å². The molecule has 0 saturated heterocycles. The Morgan fingerprint density at radius 2 is 1.77 bits per heavy atom. The monoisotopic (exact) mass is 485 g/mol. The van der Waals surface area contributed by atoms with E-state index in [-0.39, 0.29) is 17.1 Å². The summed E-state index contributed by atoms with van der Waals surface area (Å²) in [6.07, 6.45) is -1.81. The van der Waals surface area contributed by atoms with Gasteiger partial charge in [-0.15, -0.1) is 0 Å². The lowest BCUT2D eigenvalue weighted by Gasteiger charge is -2.36. The van der Waals surface area contributed by atoms with Gasteiger partial charge >= 0.3 is 12.1 Å². The molecule has 0 spiro atoms. The normalized spacial score (nSPS) is 24.9. The smallest absolute Gasteiger partial charge is 0.416 e. The Bertz CT molecular complexity index is 1290. The summed E-state index contributed by atoms with van der Waals surface area (Å²) >= 11 is 0. The van der Waals surface area contributed by atoms with Gasteiger partial charge in [0.2, 0.25) is 0 Å². The summed E-state index contributed by atoms with van der Waals surface area (Å²) in [6, 6.07) is 12.7. The minimum atomic E-state index is -4.57. The number of ketones is 1. The zero-order chi connectivity index (χ0) is 25.0. The van der Waals surface area contributed by atoms with E-state index in [0.29, 0.717) is 11.1 Å². The van der Waals surface area contributed by atoms with E-state index in [1.807, 2.05) is 0 Å². The van der Waals surface area contributed by atoms with E-state index in [1.54, 1.807) is 30.3 Å². The molecule has 1 aliphatic heterocycles. The first-order valence-corrected chi connectivity index (χ1v) is 10.6. The predicted molar refractivity (Wildman–Crippen MR) is 114 cm³/mol. The van der Waals surface area contributed by atoms with E-state index < -0.39 is 46.8 Å². The van der Waals surface area contributed by atoms with E-state index in [4.69, 9.17) is 9.47 Å². The number of rotatable bonds is 4. The van der Waals surface area contributed by atoms with Gasteiger partial charge in [-0.1, -0.05) is 42.5 Å². The van der Waals surface area contributed by atoms with Crippen molar-refractivity contribution in [3.05, 3.63) is 89.2 Å². The van der Waals surface area contributed by atoms with Gasteiger partial charge < -0.3 is 14.4 Å². The SMILES string of the molecule is COc1cncc2c1C1C(=O)C(C(=O)OO)C(c3ccccc3)C1(c1ccc(C(F)(F)F)cc1)O2. The third-order valence-corrected chi connectivity index (χ3v) is 6.68. The number of aromatic nitrogens is 1. The van der Waals surface area contributed by atoms with Crippen LogP contribution in [0, 0.1) is 5.92 Å². The van der Waals surface area contributed by atoms with Crippen molar-refractivity contribution in [2.75, 3.05) is 7.11 Å². The maximum absolute atomic E-state index is 13.9. The molecule has 3 aromatic rings. The minimum Gasteiger partial charge on any atom is -0.495 e. The summed E-state index contributed by atoms with van der Waals surface area (Å²) in [4.78, 5) is 34.7. The lowest BCUT2D eigenvalue weighted by molar-refractivity contribution is -0.239. The van der Waals surface area contributed by atoms with Crippen molar-refractivity contribution in [3.63, 3.8) is 0 Å². The van der Waals surface area contributed by atoms with E-state index in [1.165, 1.54) is 31.6 Å². The van der Waals surface area contributed by atoms with Crippen LogP contribution in [0.25, 0.3) is 0 Å². The molecular weight excluding hydrogens is 467 g/mol. The average molecular weight is 485 g/mol. The van der Waals surface area contributed by atoms with Crippen molar-refractivity contribution in [2.45, 2.75) is 23.6 Å². The third-order valence-electron chi connectivity index (χ3n) is 6.68. The van der Waals surface area contributed by atoms with Gasteiger partial charge in [0, 0.05) is 5.92 Å². The highest BCUT2D eigenvalue weighted by Crippen LogP contribution is 2.66. The highest BCUT2D eigenvalue weighted by atomic mass is 19.4. The topological polar surface area (TPSA) is 95.0 Å². The predicted octanol–water partition coefficient (Wildman–Crippen LogP) is 4.48. The first kappa shape index (κ1) is 22.9. The number of nitrogens with zero attached hydrogens (tertiary/aromatic N) is 1. The summed E-state index contributed by atoms with van der Waals surface area (Å²) in [6.45, 7) is 0. The summed E-state index contributed by atoms with van der Waals surface area (Å²) in [5.74, 6) is -5.08. The van der Waals surface area contributed by atoms with E-state index in [9.17, 15) is 28.0 Å². The largest absolute Gasteiger partial charge is 0.495 e. The molecule has 1 saturated carbocycles. The van der Waals surface area contributed by atoms with Gasteiger partial charge in [-0.2, -0.15) is 18.4 Å². The molecule has 4 atom stereocenters. The molecule has 0 radical (unpaired) electrons. The Hall–Kier alpha value is -3.92. The number of halogens is 3. The highest BCUT2D eigenvalue weighted by molar-refractivity contribution is 6.08. The molecule has 2 aliphatic rings. The number of Topliss-reactive ketones (excluding diaryl/α,β-unsaturated/α-hetero) is 1. The van der Waals surface area contributed by atoms with Crippen molar-refractivity contribution in [1.29, 1.82) is 0 Å². The van der Waals surface area contributed by atoms with Crippen LogP contribution < -0.4 is 9.47 Å². The van der Waals surface area contributed by atoms with Gasteiger partial charge in [0.05, 0.1) is 36.5 Å². The maximum atomic E-state index is 13.9. The fourth-order valence-corrected chi connectivity index (χ4v) is 5.34. The number of hydrogen-bond acceptors (Lipinski definition) is 7. The number of methoxy groups -OCH3 is 1. The Labute approximate surface area is 197 Å². The molecule has 2 aromatic carbocycles.